The predicted octanol–water partition coefficient (Wildman–Crippen LogP) is 2.61. The average molecular weight is 328 g/mol. The van der Waals surface area contributed by atoms with Gasteiger partial charge in [-0.3, -0.25) is 4.98 Å². The van der Waals surface area contributed by atoms with Crippen LogP contribution in [0, 0.1) is 5.92 Å². The van der Waals surface area contributed by atoms with E-state index in [1.165, 1.54) is 5.69 Å². The molecule has 0 aliphatic carbocycles. The van der Waals surface area contributed by atoms with Crippen LogP contribution in [0.2, 0.25) is 0 Å². The molecule has 0 amide bonds. The zero-order chi connectivity index (χ0) is 16.5. The quantitative estimate of drug-likeness (QED) is 0.939. The van der Waals surface area contributed by atoms with Gasteiger partial charge in [-0.2, -0.15) is 0 Å². The first-order valence-corrected chi connectivity index (χ1v) is 8.74. The van der Waals surface area contributed by atoms with Crippen LogP contribution in [0.15, 0.2) is 30.5 Å². The summed E-state index contributed by atoms with van der Waals surface area (Å²) in [5.74, 6) is 0.973. The van der Waals surface area contributed by atoms with Crippen molar-refractivity contribution >= 4 is 16.6 Å². The van der Waals surface area contributed by atoms with Crippen LogP contribution in [-0.4, -0.2) is 49.1 Å². The molecular formula is C19H24N2O3. The summed E-state index contributed by atoms with van der Waals surface area (Å²) in [6.07, 6.45) is 4.55. The number of rotatable bonds is 3. The molecule has 2 fully saturated rings. The highest BCUT2D eigenvalue weighted by atomic mass is 16.5. The molecule has 0 radical (unpaired) electrons. The summed E-state index contributed by atoms with van der Waals surface area (Å²) >= 11 is 0. The molecule has 2 saturated heterocycles. The van der Waals surface area contributed by atoms with Crippen molar-refractivity contribution in [2.75, 3.05) is 31.8 Å². The molecule has 0 bridgehead atoms. The number of hydrogen-bond acceptors (Lipinski definition) is 5. The Kier molecular flexibility index (Phi) is 4.29. The molecule has 1 N–H and O–H groups in total. The van der Waals surface area contributed by atoms with E-state index < -0.39 is 0 Å². The third kappa shape index (κ3) is 2.62. The zero-order valence-corrected chi connectivity index (χ0v) is 14.0. The standard InChI is InChI=1S/C19H24N2O3/c1-23-18-6-2-4-13-16(7-9-20-19(13)18)21-10-3-5-15(21)14-12-24-11-8-17(14)22/h2,4,6-7,9,14-15,17,22H,3,5,8,10-12H2,1H3/t14-,15+,17-/m0/s1. The molecule has 1 aromatic carbocycles. The third-order valence-corrected chi connectivity index (χ3v) is 5.40. The van der Waals surface area contributed by atoms with Gasteiger partial charge in [-0.15, -0.1) is 0 Å². The summed E-state index contributed by atoms with van der Waals surface area (Å²) < 4.78 is 11.1. The summed E-state index contributed by atoms with van der Waals surface area (Å²) in [4.78, 5) is 6.95. The zero-order valence-electron chi connectivity index (χ0n) is 14.0. The van der Waals surface area contributed by atoms with E-state index in [0.717, 1.165) is 42.5 Å². The van der Waals surface area contributed by atoms with E-state index in [4.69, 9.17) is 9.47 Å². The summed E-state index contributed by atoms with van der Waals surface area (Å²) in [5, 5.41) is 11.6. The maximum Gasteiger partial charge on any atom is 0.145 e. The summed E-state index contributed by atoms with van der Waals surface area (Å²) in [5.41, 5.74) is 2.07. The maximum absolute atomic E-state index is 10.5. The fourth-order valence-electron chi connectivity index (χ4n) is 4.20. The topological polar surface area (TPSA) is 54.8 Å². The fourth-order valence-corrected chi connectivity index (χ4v) is 4.20. The first kappa shape index (κ1) is 15.7. The Morgan fingerprint density at radius 3 is 3.04 bits per heavy atom. The van der Waals surface area contributed by atoms with Gasteiger partial charge in [0.15, 0.2) is 0 Å². The largest absolute Gasteiger partial charge is 0.494 e. The van der Waals surface area contributed by atoms with Crippen LogP contribution in [0.25, 0.3) is 10.9 Å². The molecule has 1 aromatic heterocycles. The van der Waals surface area contributed by atoms with Crippen LogP contribution >= 0.6 is 0 Å². The summed E-state index contributed by atoms with van der Waals surface area (Å²) in [6.45, 7) is 2.32. The highest BCUT2D eigenvalue weighted by Gasteiger charge is 2.38. The highest BCUT2D eigenvalue weighted by molar-refractivity contribution is 5.95. The van der Waals surface area contributed by atoms with E-state index in [1.54, 1.807) is 7.11 Å². The Balaban J connectivity index is 1.73. The Morgan fingerprint density at radius 1 is 1.29 bits per heavy atom. The van der Waals surface area contributed by atoms with Crippen molar-refractivity contribution in [2.24, 2.45) is 5.92 Å². The molecule has 0 unspecified atom stereocenters. The molecule has 4 rings (SSSR count). The van der Waals surface area contributed by atoms with Gasteiger partial charge in [-0.1, -0.05) is 12.1 Å². The van der Waals surface area contributed by atoms with Crippen LogP contribution in [0.1, 0.15) is 19.3 Å². The number of aliphatic hydroxyl groups excluding tert-OH is 1. The Morgan fingerprint density at radius 2 is 2.21 bits per heavy atom. The minimum absolute atomic E-state index is 0.176. The molecule has 24 heavy (non-hydrogen) atoms. The minimum atomic E-state index is -0.271. The molecule has 2 aliphatic rings. The number of para-hydroxylation sites is 1. The van der Waals surface area contributed by atoms with Crippen molar-refractivity contribution in [1.82, 2.24) is 4.98 Å². The second-order valence-corrected chi connectivity index (χ2v) is 6.68. The van der Waals surface area contributed by atoms with Crippen LogP contribution in [-0.2, 0) is 4.74 Å². The number of methoxy groups -OCH3 is 1. The van der Waals surface area contributed by atoms with Crippen molar-refractivity contribution in [3.8, 4) is 5.75 Å². The van der Waals surface area contributed by atoms with Gasteiger partial charge in [0.05, 0.1) is 19.8 Å². The van der Waals surface area contributed by atoms with Crippen molar-refractivity contribution in [3.63, 3.8) is 0 Å². The van der Waals surface area contributed by atoms with Gasteiger partial charge in [-0.05, 0) is 31.4 Å². The molecule has 0 spiro atoms. The van der Waals surface area contributed by atoms with Crippen molar-refractivity contribution in [1.29, 1.82) is 0 Å². The third-order valence-electron chi connectivity index (χ3n) is 5.40. The molecule has 5 heteroatoms. The molecule has 5 nitrogen and oxygen atoms in total. The van der Waals surface area contributed by atoms with Gasteiger partial charge < -0.3 is 19.5 Å². The number of hydrogen-bond donors (Lipinski definition) is 1. The molecular weight excluding hydrogens is 304 g/mol. The van der Waals surface area contributed by atoms with Crippen molar-refractivity contribution in [2.45, 2.75) is 31.4 Å². The van der Waals surface area contributed by atoms with Gasteiger partial charge in [0.25, 0.3) is 0 Å². The SMILES string of the molecule is COc1cccc2c(N3CCC[C@@H]3[C@@H]3COCC[C@@H]3O)ccnc12. The maximum atomic E-state index is 10.5. The second kappa shape index (κ2) is 6.57. The molecule has 2 aliphatic heterocycles. The Hall–Kier alpha value is -1.85. The lowest BCUT2D eigenvalue weighted by molar-refractivity contribution is -0.0437. The Bertz CT molecular complexity index is 721. The molecule has 0 saturated carbocycles. The van der Waals surface area contributed by atoms with Crippen LogP contribution < -0.4 is 9.64 Å². The van der Waals surface area contributed by atoms with Crippen LogP contribution in [0.5, 0.6) is 5.75 Å². The lowest BCUT2D eigenvalue weighted by Crippen LogP contribution is -2.46. The minimum Gasteiger partial charge on any atom is -0.494 e. The van der Waals surface area contributed by atoms with Gasteiger partial charge in [0, 0.05) is 42.4 Å². The van der Waals surface area contributed by atoms with Crippen LogP contribution in [0.3, 0.4) is 0 Å². The van der Waals surface area contributed by atoms with E-state index in [9.17, 15) is 5.11 Å². The molecule has 128 valence electrons. The number of anilines is 1. The lowest BCUT2D eigenvalue weighted by Gasteiger charge is -2.38. The highest BCUT2D eigenvalue weighted by Crippen LogP contribution is 2.38. The number of aliphatic hydroxyl groups is 1. The van der Waals surface area contributed by atoms with E-state index in [-0.39, 0.29) is 12.0 Å². The van der Waals surface area contributed by atoms with E-state index in [2.05, 4.69) is 22.0 Å². The second-order valence-electron chi connectivity index (χ2n) is 6.68. The number of pyridine rings is 1. The Labute approximate surface area is 142 Å². The number of benzene rings is 1. The molecule has 3 heterocycles. The molecule has 3 atom stereocenters. The van der Waals surface area contributed by atoms with Gasteiger partial charge >= 0.3 is 0 Å². The van der Waals surface area contributed by atoms with E-state index >= 15 is 0 Å². The van der Waals surface area contributed by atoms with Gasteiger partial charge in [0.1, 0.15) is 11.3 Å². The lowest BCUT2D eigenvalue weighted by atomic mass is 9.89. The van der Waals surface area contributed by atoms with E-state index in [0.29, 0.717) is 19.3 Å². The van der Waals surface area contributed by atoms with Gasteiger partial charge in [0.2, 0.25) is 0 Å². The van der Waals surface area contributed by atoms with Gasteiger partial charge in [-0.25, -0.2) is 0 Å². The molecule has 2 aromatic rings. The smallest absolute Gasteiger partial charge is 0.145 e. The average Bonchev–Trinajstić information content (AvgIpc) is 3.10. The number of aromatic nitrogens is 1. The summed E-state index contributed by atoms with van der Waals surface area (Å²) in [7, 11) is 1.68. The number of nitrogens with zero attached hydrogens (tertiary/aromatic N) is 2. The number of ether oxygens (including phenoxy) is 2. The fraction of sp³-hybridized carbons (Fsp3) is 0.526. The first-order chi connectivity index (χ1) is 11.8. The monoisotopic (exact) mass is 328 g/mol. The van der Waals surface area contributed by atoms with Crippen molar-refractivity contribution < 1.29 is 14.6 Å². The van der Waals surface area contributed by atoms with E-state index in [1.807, 2.05) is 18.3 Å². The number of fused-ring (bicyclic) bond motifs is 1. The first-order valence-electron chi connectivity index (χ1n) is 8.74. The van der Waals surface area contributed by atoms with Crippen molar-refractivity contribution in [3.05, 3.63) is 30.5 Å². The summed E-state index contributed by atoms with van der Waals surface area (Å²) in [6, 6.07) is 8.45. The predicted molar refractivity (Wildman–Crippen MR) is 93.6 cm³/mol. The normalized spacial score (nSPS) is 27.6. The van der Waals surface area contributed by atoms with Crippen LogP contribution in [0.4, 0.5) is 5.69 Å².